The van der Waals surface area contributed by atoms with Crippen LogP contribution in [0.5, 0.6) is 11.5 Å². The monoisotopic (exact) mass is 566 g/mol. The summed E-state index contributed by atoms with van der Waals surface area (Å²) < 4.78 is 16.1. The van der Waals surface area contributed by atoms with Gasteiger partial charge in [0, 0.05) is 12.0 Å². The van der Waals surface area contributed by atoms with Gasteiger partial charge in [0.05, 0.1) is 14.2 Å². The molecule has 7 nitrogen and oxygen atoms in total. The molecule has 2 N–H and O–H groups in total. The summed E-state index contributed by atoms with van der Waals surface area (Å²) in [7, 11) is 2.94. The number of rotatable bonds is 2. The van der Waals surface area contributed by atoms with Crippen molar-refractivity contribution >= 4 is 43.0 Å². The van der Waals surface area contributed by atoms with Crippen molar-refractivity contribution in [1.29, 1.82) is 0 Å². The van der Waals surface area contributed by atoms with E-state index in [-0.39, 0.29) is 12.0 Å². The fraction of sp³-hybridized carbons (Fsp3) is 0.381. The number of aliphatic hydroxyl groups excluding tert-OH is 1. The van der Waals surface area contributed by atoms with Crippen LogP contribution in [-0.2, 0) is 22.0 Å². The molecule has 1 aromatic carbocycles. The first kappa shape index (κ1) is 24.8. The molecule has 0 amide bonds. The molecule has 30 heavy (non-hydrogen) atoms. The van der Waals surface area contributed by atoms with E-state index < -0.39 is 35.5 Å². The number of methoxy groups -OCH3 is 2. The van der Waals surface area contributed by atoms with Crippen LogP contribution < -0.4 is 9.47 Å². The fourth-order valence-electron chi connectivity index (χ4n) is 3.61. The molecule has 0 aromatic heterocycles. The molecule has 0 fully saturated rings. The van der Waals surface area contributed by atoms with Crippen molar-refractivity contribution in [2.24, 2.45) is 5.92 Å². The first-order valence-electron chi connectivity index (χ1n) is 9.06. The van der Waals surface area contributed by atoms with E-state index >= 15 is 0 Å². The number of esters is 1. The standard InChI is InChI=1S/C20H22O7.CH2.HI.V/c1-11-14-6-7-15(21)18(22)20(14,24)8-4-5-12-9-13(25-2)10-16(26-3)17(12)19(23)27-11;;;/h4-7,9-11,14,18,22,24H,8H2,1-3H3;1H2;1H;/q;;;+1/p-1/b5-4+;;;. The van der Waals surface area contributed by atoms with E-state index in [0.29, 0.717) is 29.5 Å². The van der Waals surface area contributed by atoms with Crippen molar-refractivity contribution in [3.05, 3.63) is 41.5 Å². The van der Waals surface area contributed by atoms with E-state index in [1.807, 2.05) is 0 Å². The molecular formula is C21H24IO7V. The van der Waals surface area contributed by atoms with Crippen LogP contribution in [0.15, 0.2) is 30.4 Å². The quantitative estimate of drug-likeness (QED) is 0.419. The van der Waals surface area contributed by atoms with Crippen LogP contribution in [0.3, 0.4) is 0 Å². The average molecular weight is 566 g/mol. The van der Waals surface area contributed by atoms with E-state index in [1.165, 1.54) is 26.4 Å². The minimum atomic E-state index is -1.78. The maximum atomic E-state index is 12.8. The van der Waals surface area contributed by atoms with Gasteiger partial charge in [-0.1, -0.05) is 18.2 Å². The third-order valence-corrected chi connectivity index (χ3v) is 5.09. The van der Waals surface area contributed by atoms with Crippen LogP contribution in [0.1, 0.15) is 29.3 Å². The van der Waals surface area contributed by atoms with Crippen molar-refractivity contribution in [2.45, 2.75) is 31.2 Å². The van der Waals surface area contributed by atoms with Gasteiger partial charge in [-0.2, -0.15) is 0 Å². The van der Waals surface area contributed by atoms with Gasteiger partial charge in [-0.3, -0.25) is 4.79 Å². The number of fused-ring (bicyclic) bond motifs is 2. The molecule has 4 atom stereocenters. The van der Waals surface area contributed by atoms with Crippen LogP contribution in [-0.4, -0.2) is 59.2 Å². The molecule has 1 heterocycles. The van der Waals surface area contributed by atoms with E-state index in [9.17, 15) is 19.8 Å². The van der Waals surface area contributed by atoms with Gasteiger partial charge in [-0.05, 0) is 31.1 Å². The zero-order valence-electron chi connectivity index (χ0n) is 16.9. The second kappa shape index (κ2) is 10.7. The van der Waals surface area contributed by atoms with Crippen LogP contribution >= 0.6 is 20.0 Å². The predicted molar refractivity (Wildman–Crippen MR) is 118 cm³/mol. The number of hydrogen-bond donors (Lipinski definition) is 2. The van der Waals surface area contributed by atoms with Gasteiger partial charge >= 0.3 is 43.6 Å². The summed E-state index contributed by atoms with van der Waals surface area (Å²) in [6, 6.07) is 3.23. The Morgan fingerprint density at radius 1 is 1.27 bits per heavy atom. The third kappa shape index (κ3) is 5.05. The summed E-state index contributed by atoms with van der Waals surface area (Å²) in [6.07, 6.45) is 3.53. The zero-order valence-corrected chi connectivity index (χ0v) is 20.4. The molecule has 0 saturated heterocycles. The number of cyclic esters (lactones) is 1. The number of carbonyl (C=O) groups excluding carboxylic acids is 2. The normalized spacial score (nSPS) is 28.7. The van der Waals surface area contributed by atoms with Crippen molar-refractivity contribution in [3.63, 3.8) is 0 Å². The number of halogens is 1. The zero-order chi connectivity index (χ0) is 22.5. The molecule has 0 bridgehead atoms. The van der Waals surface area contributed by atoms with Gasteiger partial charge < -0.3 is 24.4 Å². The van der Waals surface area contributed by atoms with Gasteiger partial charge in [-0.15, -0.1) is 0 Å². The van der Waals surface area contributed by atoms with Gasteiger partial charge in [0.1, 0.15) is 34.9 Å². The first-order chi connectivity index (χ1) is 14.2. The third-order valence-electron chi connectivity index (χ3n) is 5.09. The van der Waals surface area contributed by atoms with Crippen molar-refractivity contribution < 1.29 is 46.4 Å². The average Bonchev–Trinajstić information content (AvgIpc) is 2.71. The van der Waals surface area contributed by atoms with E-state index in [2.05, 4.69) is 25.2 Å². The number of ketones is 1. The molecule has 162 valence electrons. The first-order valence-corrected chi connectivity index (χ1v) is 14.6. The Morgan fingerprint density at radius 3 is 2.53 bits per heavy atom. The van der Waals surface area contributed by atoms with Gasteiger partial charge in [-0.25, -0.2) is 4.79 Å². The summed E-state index contributed by atoms with van der Waals surface area (Å²) in [5, 5.41) is 24.9. The number of hydrogen-bond acceptors (Lipinski definition) is 7. The molecule has 2 aliphatic rings. The van der Waals surface area contributed by atoms with Crippen molar-refractivity contribution in [1.82, 2.24) is 0 Å². The molecule has 3 rings (SSSR count). The number of carbonyl (C=O) groups is 2. The molecule has 1 aliphatic carbocycles. The van der Waals surface area contributed by atoms with E-state index in [4.69, 9.17) is 14.2 Å². The van der Waals surface area contributed by atoms with Gasteiger partial charge in [0.25, 0.3) is 0 Å². The summed E-state index contributed by atoms with van der Waals surface area (Å²) in [5.41, 5.74) is -1.05. The number of benzene rings is 1. The van der Waals surface area contributed by atoms with Crippen LogP contribution in [0.4, 0.5) is 0 Å². The Kier molecular flexibility index (Phi) is 8.87. The maximum absolute atomic E-state index is 12.8. The summed E-state index contributed by atoms with van der Waals surface area (Å²) in [6.45, 7) is 1.61. The molecule has 0 saturated carbocycles. The predicted octanol–water partition coefficient (Wildman–Crippen LogP) is 2.36. The van der Waals surface area contributed by atoms with E-state index in [0.717, 1.165) is 0 Å². The van der Waals surface area contributed by atoms with E-state index in [1.54, 1.807) is 31.2 Å². The Hall–Kier alpha value is -1.46. The Labute approximate surface area is 193 Å². The van der Waals surface area contributed by atoms with Crippen LogP contribution in [0, 0.1) is 5.92 Å². The van der Waals surface area contributed by atoms with Crippen molar-refractivity contribution in [3.8, 4) is 11.5 Å². The van der Waals surface area contributed by atoms with Gasteiger partial charge in [0.15, 0.2) is 5.78 Å². The molecule has 0 spiro atoms. The minimum absolute atomic E-state index is 0.00420. The Bertz CT molecular complexity index is 882. The molecule has 1 aliphatic heterocycles. The summed E-state index contributed by atoms with van der Waals surface area (Å²) in [4.78, 5) is 24.7. The molecule has 1 aromatic rings. The number of aliphatic hydroxyl groups is 2. The van der Waals surface area contributed by atoms with Crippen molar-refractivity contribution in [2.75, 3.05) is 14.2 Å². The van der Waals surface area contributed by atoms with Crippen LogP contribution in [0.25, 0.3) is 6.08 Å². The number of ether oxygens (including phenoxy) is 3. The Balaban J connectivity index is 0.00000101. The molecule has 0 radical (unpaired) electrons. The Morgan fingerprint density at radius 2 is 1.93 bits per heavy atom. The second-order valence-corrected chi connectivity index (χ2v) is 10.00. The summed E-state index contributed by atoms with van der Waals surface area (Å²) >= 11 is 2.68. The van der Waals surface area contributed by atoms with Gasteiger partial charge in [0.2, 0.25) is 0 Å². The SMILES string of the molecule is COc1cc2c(c(OC)c1)C(=O)OC(C)C1C=CC(=O)C(O)C1(O)C/C=C/2.[CH2]=[V][I]. The molecule has 4 unspecified atom stereocenters. The summed E-state index contributed by atoms with van der Waals surface area (Å²) in [5.74, 6) is -1.17. The topological polar surface area (TPSA) is 102 Å². The molecular weight excluding hydrogens is 542 g/mol. The van der Waals surface area contributed by atoms with Crippen LogP contribution in [0.2, 0.25) is 0 Å². The molecule has 9 heteroatoms. The second-order valence-electron chi connectivity index (χ2n) is 6.81. The fourth-order valence-corrected chi connectivity index (χ4v) is 3.61.